The molecule has 1 aliphatic rings. The van der Waals surface area contributed by atoms with Gasteiger partial charge in [0.25, 0.3) is 0 Å². The van der Waals surface area contributed by atoms with E-state index in [0.717, 1.165) is 11.1 Å². The van der Waals surface area contributed by atoms with Gasteiger partial charge in [0.15, 0.2) is 5.82 Å². The first-order valence-electron chi connectivity index (χ1n) is 9.92. The smallest absolute Gasteiger partial charge is 0.154 e. The van der Waals surface area contributed by atoms with E-state index < -0.39 is 0 Å². The normalized spacial score (nSPS) is 14.3. The van der Waals surface area contributed by atoms with Gasteiger partial charge in [-0.25, -0.2) is 4.39 Å². The van der Waals surface area contributed by atoms with Crippen molar-refractivity contribution < 1.29 is 14.6 Å². The standard InChI is InChI=1S/C24H22FN3O2/c25-23-4-2-1-3-18(23)15-19-16-20(8-5-17-6-9-21(29)10-7-17)26-27-24(19)28-13-11-22(30)12-14-28/h1-4,6-7,9-10,16,22,29-30H,11-15H2. The predicted molar refractivity (Wildman–Crippen MR) is 113 cm³/mol. The van der Waals surface area contributed by atoms with Crippen LogP contribution in [0.3, 0.4) is 0 Å². The molecule has 0 bridgehead atoms. The van der Waals surface area contributed by atoms with Gasteiger partial charge < -0.3 is 15.1 Å². The van der Waals surface area contributed by atoms with Crippen LogP contribution in [0.25, 0.3) is 0 Å². The minimum absolute atomic E-state index is 0.184. The Bertz CT molecular complexity index is 1080. The van der Waals surface area contributed by atoms with Crippen LogP contribution in [0.2, 0.25) is 0 Å². The van der Waals surface area contributed by atoms with E-state index in [1.807, 2.05) is 12.1 Å². The molecule has 2 aromatic carbocycles. The van der Waals surface area contributed by atoms with Crippen molar-refractivity contribution in [2.75, 3.05) is 18.0 Å². The molecular weight excluding hydrogens is 381 g/mol. The number of phenols is 1. The third-order valence-electron chi connectivity index (χ3n) is 5.16. The highest BCUT2D eigenvalue weighted by Gasteiger charge is 2.21. The Kier molecular flexibility index (Phi) is 5.92. The summed E-state index contributed by atoms with van der Waals surface area (Å²) in [7, 11) is 0. The van der Waals surface area contributed by atoms with Crippen molar-refractivity contribution in [3.05, 3.63) is 82.8 Å². The molecule has 152 valence electrons. The lowest BCUT2D eigenvalue weighted by Gasteiger charge is -2.31. The quantitative estimate of drug-likeness (QED) is 0.657. The van der Waals surface area contributed by atoms with E-state index in [2.05, 4.69) is 26.9 Å². The van der Waals surface area contributed by atoms with Gasteiger partial charge in [0.1, 0.15) is 17.3 Å². The summed E-state index contributed by atoms with van der Waals surface area (Å²) in [6.07, 6.45) is 1.43. The molecule has 0 spiro atoms. The van der Waals surface area contributed by atoms with Crippen LogP contribution in [0, 0.1) is 17.7 Å². The molecule has 4 rings (SSSR count). The van der Waals surface area contributed by atoms with Crippen molar-refractivity contribution in [3.63, 3.8) is 0 Å². The molecule has 1 aromatic heterocycles. The Labute approximate surface area is 174 Å². The van der Waals surface area contributed by atoms with Gasteiger partial charge in [-0.2, -0.15) is 0 Å². The number of nitrogens with zero attached hydrogens (tertiary/aromatic N) is 3. The molecule has 1 aliphatic heterocycles. The SMILES string of the molecule is Oc1ccc(C#Cc2cc(Cc3ccccc3F)c(N3CCC(O)CC3)nn2)cc1. The van der Waals surface area contributed by atoms with Gasteiger partial charge in [-0.05, 0) is 60.7 Å². The second-order valence-corrected chi connectivity index (χ2v) is 7.36. The molecule has 0 amide bonds. The molecule has 0 atom stereocenters. The lowest BCUT2D eigenvalue weighted by Crippen LogP contribution is -2.37. The number of rotatable bonds is 3. The average Bonchev–Trinajstić information content (AvgIpc) is 2.76. The molecule has 5 nitrogen and oxygen atoms in total. The fraction of sp³-hybridized carbons (Fsp3) is 0.250. The van der Waals surface area contributed by atoms with Crippen LogP contribution in [0.4, 0.5) is 10.2 Å². The molecule has 3 aromatic rings. The van der Waals surface area contributed by atoms with Crippen LogP contribution < -0.4 is 4.90 Å². The lowest BCUT2D eigenvalue weighted by atomic mass is 10.0. The number of aliphatic hydroxyl groups is 1. The first-order valence-corrected chi connectivity index (χ1v) is 9.92. The molecule has 2 N–H and O–H groups in total. The van der Waals surface area contributed by atoms with Crippen LogP contribution >= 0.6 is 0 Å². The van der Waals surface area contributed by atoms with Gasteiger partial charge in [0.2, 0.25) is 0 Å². The predicted octanol–water partition coefficient (Wildman–Crippen LogP) is 3.27. The van der Waals surface area contributed by atoms with Gasteiger partial charge in [-0.15, -0.1) is 10.2 Å². The van der Waals surface area contributed by atoms with E-state index >= 15 is 0 Å². The molecule has 0 unspecified atom stereocenters. The molecule has 0 aliphatic carbocycles. The number of anilines is 1. The Hall–Kier alpha value is -3.43. The van der Waals surface area contributed by atoms with Gasteiger partial charge in [0, 0.05) is 30.6 Å². The van der Waals surface area contributed by atoms with Crippen LogP contribution in [0.15, 0.2) is 54.6 Å². The second kappa shape index (κ2) is 8.93. The molecule has 2 heterocycles. The maximum atomic E-state index is 14.3. The zero-order chi connectivity index (χ0) is 20.9. The highest BCUT2D eigenvalue weighted by atomic mass is 19.1. The van der Waals surface area contributed by atoms with Crippen molar-refractivity contribution in [2.24, 2.45) is 0 Å². The topological polar surface area (TPSA) is 69.5 Å². The van der Waals surface area contributed by atoms with Crippen LogP contribution in [0.5, 0.6) is 5.75 Å². The van der Waals surface area contributed by atoms with Gasteiger partial charge in [-0.3, -0.25) is 0 Å². The van der Waals surface area contributed by atoms with Crippen molar-refractivity contribution >= 4 is 5.82 Å². The average molecular weight is 403 g/mol. The maximum absolute atomic E-state index is 14.3. The monoisotopic (exact) mass is 403 g/mol. The van der Waals surface area contributed by atoms with Gasteiger partial charge in [-0.1, -0.05) is 24.1 Å². The van der Waals surface area contributed by atoms with Gasteiger partial charge in [0.05, 0.1) is 6.10 Å². The van der Waals surface area contributed by atoms with E-state index in [1.165, 1.54) is 6.07 Å². The number of aromatic hydroxyl groups is 1. The summed E-state index contributed by atoms with van der Waals surface area (Å²) < 4.78 is 14.3. The molecule has 0 saturated carbocycles. The van der Waals surface area contributed by atoms with Crippen molar-refractivity contribution in [1.29, 1.82) is 0 Å². The number of piperidine rings is 1. The molecule has 6 heteroatoms. The largest absolute Gasteiger partial charge is 0.508 e. The van der Waals surface area contributed by atoms with E-state index in [-0.39, 0.29) is 17.7 Å². The summed E-state index contributed by atoms with van der Waals surface area (Å²) >= 11 is 0. The number of aliphatic hydroxyl groups excluding tert-OH is 1. The van der Waals surface area contributed by atoms with Crippen LogP contribution in [-0.2, 0) is 6.42 Å². The van der Waals surface area contributed by atoms with E-state index in [1.54, 1.807) is 36.4 Å². The fourth-order valence-electron chi connectivity index (χ4n) is 3.49. The number of hydrogen-bond donors (Lipinski definition) is 2. The number of halogens is 1. The summed E-state index contributed by atoms with van der Waals surface area (Å²) in [4.78, 5) is 2.09. The molecule has 30 heavy (non-hydrogen) atoms. The summed E-state index contributed by atoms with van der Waals surface area (Å²) in [5.74, 6) is 6.65. The molecule has 1 saturated heterocycles. The molecule has 0 radical (unpaired) electrons. The number of hydrogen-bond acceptors (Lipinski definition) is 5. The van der Waals surface area contributed by atoms with Crippen molar-refractivity contribution in [2.45, 2.75) is 25.4 Å². The third kappa shape index (κ3) is 4.76. The highest BCUT2D eigenvalue weighted by Crippen LogP contribution is 2.25. The summed E-state index contributed by atoms with van der Waals surface area (Å²) in [6, 6.07) is 15.2. The first-order chi connectivity index (χ1) is 14.6. The minimum atomic E-state index is -0.292. The van der Waals surface area contributed by atoms with Crippen molar-refractivity contribution in [3.8, 4) is 17.6 Å². The zero-order valence-corrected chi connectivity index (χ0v) is 16.4. The molecule has 1 fully saturated rings. The number of benzene rings is 2. The first kappa shape index (κ1) is 19.9. The molecular formula is C24H22FN3O2. The van der Waals surface area contributed by atoms with E-state index in [0.29, 0.717) is 49.4 Å². The lowest BCUT2D eigenvalue weighted by molar-refractivity contribution is 0.145. The maximum Gasteiger partial charge on any atom is 0.154 e. The fourth-order valence-corrected chi connectivity index (χ4v) is 3.49. The third-order valence-corrected chi connectivity index (χ3v) is 5.16. The highest BCUT2D eigenvalue weighted by molar-refractivity contribution is 5.52. The summed E-state index contributed by atoms with van der Waals surface area (Å²) in [5, 5.41) is 27.9. The summed E-state index contributed by atoms with van der Waals surface area (Å²) in [6.45, 7) is 1.36. The Morgan fingerprint density at radius 1 is 0.967 bits per heavy atom. The van der Waals surface area contributed by atoms with E-state index in [4.69, 9.17) is 0 Å². The number of aromatic nitrogens is 2. The van der Waals surface area contributed by atoms with Gasteiger partial charge >= 0.3 is 0 Å². The van der Waals surface area contributed by atoms with Crippen LogP contribution in [-0.4, -0.2) is 39.6 Å². The Morgan fingerprint density at radius 2 is 1.70 bits per heavy atom. The second-order valence-electron chi connectivity index (χ2n) is 7.36. The Balaban J connectivity index is 1.66. The zero-order valence-electron chi connectivity index (χ0n) is 16.4. The number of phenolic OH excluding ortho intramolecular Hbond substituents is 1. The minimum Gasteiger partial charge on any atom is -0.508 e. The Morgan fingerprint density at radius 3 is 2.43 bits per heavy atom. The summed E-state index contributed by atoms with van der Waals surface area (Å²) in [5.41, 5.74) is 2.68. The van der Waals surface area contributed by atoms with Crippen LogP contribution in [0.1, 0.15) is 35.2 Å². The van der Waals surface area contributed by atoms with Crippen molar-refractivity contribution in [1.82, 2.24) is 10.2 Å². The van der Waals surface area contributed by atoms with E-state index in [9.17, 15) is 14.6 Å².